The van der Waals surface area contributed by atoms with E-state index in [4.69, 9.17) is 5.11 Å². The highest BCUT2D eigenvalue weighted by atomic mass is 16.3. The Kier molecular flexibility index (Phi) is 10.9. The second-order valence-corrected chi connectivity index (χ2v) is 3.78. The second-order valence-electron chi connectivity index (χ2n) is 3.78. The Morgan fingerprint density at radius 1 is 1.14 bits per heavy atom. The minimum absolute atomic E-state index is 0.183. The molecule has 0 aliphatic heterocycles. The van der Waals surface area contributed by atoms with Gasteiger partial charge in [0, 0.05) is 13.2 Å². The van der Waals surface area contributed by atoms with Crippen molar-refractivity contribution in [1.82, 2.24) is 5.32 Å². The van der Waals surface area contributed by atoms with Gasteiger partial charge in [-0.1, -0.05) is 26.2 Å². The van der Waals surface area contributed by atoms with Gasteiger partial charge in [0.1, 0.15) is 0 Å². The summed E-state index contributed by atoms with van der Waals surface area (Å²) >= 11 is 0. The van der Waals surface area contributed by atoms with Gasteiger partial charge in [0.25, 0.3) is 0 Å². The predicted molar refractivity (Wildman–Crippen MR) is 59.3 cm³/mol. The fraction of sp³-hybridized carbons (Fsp3) is 1.00. The molecule has 1 atom stereocenters. The quantitative estimate of drug-likeness (QED) is 0.469. The molecule has 86 valence electrons. The molecule has 0 bridgehead atoms. The Morgan fingerprint density at radius 3 is 2.50 bits per heavy atom. The van der Waals surface area contributed by atoms with Crippen molar-refractivity contribution in [3.63, 3.8) is 0 Å². The molecule has 1 unspecified atom stereocenters. The fourth-order valence-electron chi connectivity index (χ4n) is 1.42. The molecule has 0 fully saturated rings. The Balaban J connectivity index is 2.98. The van der Waals surface area contributed by atoms with Gasteiger partial charge in [0.05, 0.1) is 6.10 Å². The Labute approximate surface area is 87.5 Å². The number of unbranched alkanes of at least 4 members (excludes halogenated alkanes) is 3. The summed E-state index contributed by atoms with van der Waals surface area (Å²) in [6.07, 6.45) is 6.07. The second kappa shape index (κ2) is 11.0. The van der Waals surface area contributed by atoms with Gasteiger partial charge < -0.3 is 15.5 Å². The zero-order valence-corrected chi connectivity index (χ0v) is 9.34. The van der Waals surface area contributed by atoms with Crippen LogP contribution in [0.5, 0.6) is 0 Å². The average molecular weight is 203 g/mol. The van der Waals surface area contributed by atoms with E-state index in [0.717, 1.165) is 45.1 Å². The number of aliphatic hydroxyl groups is 2. The van der Waals surface area contributed by atoms with E-state index in [1.165, 1.54) is 0 Å². The molecule has 0 rings (SSSR count). The molecule has 0 saturated heterocycles. The maximum absolute atomic E-state index is 9.39. The van der Waals surface area contributed by atoms with Crippen molar-refractivity contribution in [2.45, 2.75) is 51.6 Å². The summed E-state index contributed by atoms with van der Waals surface area (Å²) in [7, 11) is 0. The van der Waals surface area contributed by atoms with Gasteiger partial charge >= 0.3 is 0 Å². The molecule has 0 aromatic carbocycles. The molecule has 3 heteroatoms. The van der Waals surface area contributed by atoms with Crippen molar-refractivity contribution in [2.75, 3.05) is 19.7 Å². The minimum atomic E-state index is -0.183. The van der Waals surface area contributed by atoms with Crippen LogP contribution in [0.25, 0.3) is 0 Å². The lowest BCUT2D eigenvalue weighted by molar-refractivity contribution is 0.160. The van der Waals surface area contributed by atoms with Gasteiger partial charge in [-0.2, -0.15) is 0 Å². The molecule has 0 radical (unpaired) electrons. The lowest BCUT2D eigenvalue weighted by Crippen LogP contribution is -2.27. The molecule has 3 N–H and O–H groups in total. The van der Waals surface area contributed by atoms with Gasteiger partial charge in [-0.3, -0.25) is 0 Å². The maximum Gasteiger partial charge on any atom is 0.0664 e. The number of hydrogen-bond acceptors (Lipinski definition) is 3. The van der Waals surface area contributed by atoms with Gasteiger partial charge in [0.2, 0.25) is 0 Å². The molecule has 0 heterocycles. The van der Waals surface area contributed by atoms with Crippen LogP contribution in [0.15, 0.2) is 0 Å². The van der Waals surface area contributed by atoms with Crippen LogP contribution >= 0.6 is 0 Å². The van der Waals surface area contributed by atoms with Gasteiger partial charge in [-0.05, 0) is 25.8 Å². The van der Waals surface area contributed by atoms with Crippen molar-refractivity contribution in [3.8, 4) is 0 Å². The van der Waals surface area contributed by atoms with Gasteiger partial charge in [-0.15, -0.1) is 0 Å². The van der Waals surface area contributed by atoms with E-state index in [9.17, 15) is 5.11 Å². The number of rotatable bonds is 10. The highest BCUT2D eigenvalue weighted by Crippen LogP contribution is 1.98. The van der Waals surface area contributed by atoms with Crippen LogP contribution in [0, 0.1) is 0 Å². The molecule has 14 heavy (non-hydrogen) atoms. The summed E-state index contributed by atoms with van der Waals surface area (Å²) in [5.41, 5.74) is 0. The first kappa shape index (κ1) is 13.9. The molecule has 0 aromatic rings. The van der Waals surface area contributed by atoms with Crippen molar-refractivity contribution >= 4 is 0 Å². The summed E-state index contributed by atoms with van der Waals surface area (Å²) in [5.74, 6) is 0. The molecular formula is C11H25NO2. The summed E-state index contributed by atoms with van der Waals surface area (Å²) in [6.45, 7) is 4.08. The topological polar surface area (TPSA) is 52.5 Å². The molecule has 0 amide bonds. The summed E-state index contributed by atoms with van der Waals surface area (Å²) in [4.78, 5) is 0. The zero-order chi connectivity index (χ0) is 10.6. The standard InChI is InChI=1S/C11H25NO2/c1-2-7-11(14)10-12-8-5-3-4-6-9-13/h11-14H,2-10H2,1H3. The summed E-state index contributed by atoms with van der Waals surface area (Å²) < 4.78 is 0. The third-order valence-electron chi connectivity index (χ3n) is 2.26. The van der Waals surface area contributed by atoms with E-state index < -0.39 is 0 Å². The number of aliphatic hydroxyl groups excluding tert-OH is 2. The molecule has 0 aliphatic rings. The Morgan fingerprint density at radius 2 is 1.86 bits per heavy atom. The number of nitrogens with one attached hydrogen (secondary N) is 1. The first-order valence-corrected chi connectivity index (χ1v) is 5.81. The first-order valence-electron chi connectivity index (χ1n) is 5.81. The highest BCUT2D eigenvalue weighted by Gasteiger charge is 2.00. The van der Waals surface area contributed by atoms with Crippen LogP contribution in [0.1, 0.15) is 45.4 Å². The van der Waals surface area contributed by atoms with Gasteiger partial charge in [0.15, 0.2) is 0 Å². The van der Waals surface area contributed by atoms with E-state index >= 15 is 0 Å². The van der Waals surface area contributed by atoms with E-state index in [1.54, 1.807) is 0 Å². The van der Waals surface area contributed by atoms with Crippen LogP contribution in [0.4, 0.5) is 0 Å². The van der Waals surface area contributed by atoms with Crippen LogP contribution in [-0.4, -0.2) is 36.0 Å². The van der Waals surface area contributed by atoms with Crippen LogP contribution in [-0.2, 0) is 0 Å². The Bertz CT molecular complexity index is 109. The fourth-order valence-corrected chi connectivity index (χ4v) is 1.42. The molecule has 3 nitrogen and oxygen atoms in total. The van der Waals surface area contributed by atoms with E-state index in [0.29, 0.717) is 13.2 Å². The van der Waals surface area contributed by atoms with Crippen LogP contribution < -0.4 is 5.32 Å². The third-order valence-corrected chi connectivity index (χ3v) is 2.26. The first-order chi connectivity index (χ1) is 6.81. The van der Waals surface area contributed by atoms with E-state index in [-0.39, 0.29) is 6.10 Å². The minimum Gasteiger partial charge on any atom is -0.396 e. The molecule has 0 aliphatic carbocycles. The molecule has 0 spiro atoms. The SMILES string of the molecule is CCCC(O)CNCCCCCCO. The lowest BCUT2D eigenvalue weighted by atomic mass is 10.2. The molecular weight excluding hydrogens is 178 g/mol. The predicted octanol–water partition coefficient (Wildman–Crippen LogP) is 1.29. The van der Waals surface area contributed by atoms with Crippen LogP contribution in [0.2, 0.25) is 0 Å². The third kappa shape index (κ3) is 9.96. The smallest absolute Gasteiger partial charge is 0.0664 e. The molecule has 0 saturated carbocycles. The maximum atomic E-state index is 9.39. The summed E-state index contributed by atoms with van der Waals surface area (Å²) in [5, 5.41) is 21.2. The largest absolute Gasteiger partial charge is 0.396 e. The van der Waals surface area contributed by atoms with Crippen molar-refractivity contribution in [2.24, 2.45) is 0 Å². The van der Waals surface area contributed by atoms with E-state index in [2.05, 4.69) is 12.2 Å². The number of hydrogen-bond donors (Lipinski definition) is 3. The average Bonchev–Trinajstić information content (AvgIpc) is 2.17. The van der Waals surface area contributed by atoms with Crippen molar-refractivity contribution in [1.29, 1.82) is 0 Å². The normalized spacial score (nSPS) is 13.1. The van der Waals surface area contributed by atoms with E-state index in [1.807, 2.05) is 0 Å². The van der Waals surface area contributed by atoms with Gasteiger partial charge in [-0.25, -0.2) is 0 Å². The Hall–Kier alpha value is -0.120. The highest BCUT2D eigenvalue weighted by molar-refractivity contribution is 4.58. The zero-order valence-electron chi connectivity index (χ0n) is 9.34. The molecule has 0 aromatic heterocycles. The van der Waals surface area contributed by atoms with Crippen LogP contribution in [0.3, 0.4) is 0 Å². The lowest BCUT2D eigenvalue weighted by Gasteiger charge is -2.10. The van der Waals surface area contributed by atoms with Crippen molar-refractivity contribution < 1.29 is 10.2 Å². The van der Waals surface area contributed by atoms with Crippen molar-refractivity contribution in [3.05, 3.63) is 0 Å². The monoisotopic (exact) mass is 203 g/mol. The summed E-state index contributed by atoms with van der Waals surface area (Å²) in [6, 6.07) is 0.